The molecule has 2 aromatic carbocycles. The van der Waals surface area contributed by atoms with Gasteiger partial charge in [-0.3, -0.25) is 9.59 Å². The van der Waals surface area contributed by atoms with Crippen LogP contribution in [0.5, 0.6) is 5.75 Å². The van der Waals surface area contributed by atoms with Gasteiger partial charge in [0.25, 0.3) is 5.91 Å². The third-order valence-electron chi connectivity index (χ3n) is 5.70. The van der Waals surface area contributed by atoms with Crippen molar-refractivity contribution in [2.24, 2.45) is 0 Å². The third kappa shape index (κ3) is 4.24. The largest absolute Gasteiger partial charge is 0.872 e. The monoisotopic (exact) mass is 408 g/mol. The molecule has 2 aromatic rings. The highest BCUT2D eigenvalue weighted by atomic mass is 16.5. The Morgan fingerprint density at radius 1 is 1.03 bits per heavy atom. The van der Waals surface area contributed by atoms with Gasteiger partial charge in [-0.25, -0.2) is 0 Å². The molecule has 1 aliphatic heterocycles. The number of ketones is 1. The molecule has 1 saturated heterocycles. The van der Waals surface area contributed by atoms with Gasteiger partial charge in [-0.05, 0) is 37.1 Å². The molecule has 0 aromatic heterocycles. The number of methoxy groups -OCH3 is 1. The number of likely N-dealkylation sites (N-methyl/N-ethyl adjacent to an activating group) is 1. The van der Waals surface area contributed by atoms with Gasteiger partial charge in [0.1, 0.15) is 5.75 Å². The van der Waals surface area contributed by atoms with E-state index in [2.05, 4.69) is 13.8 Å². The summed E-state index contributed by atoms with van der Waals surface area (Å²) in [4.78, 5) is 28.7. The number of carbonyl (C=O) groups excluding carboxylic acids is 2. The molecule has 0 saturated carbocycles. The number of carbonyl (C=O) groups is 2. The third-order valence-corrected chi connectivity index (χ3v) is 5.70. The van der Waals surface area contributed by atoms with Gasteiger partial charge < -0.3 is 19.6 Å². The highest BCUT2D eigenvalue weighted by molar-refractivity contribution is 6.46. The number of quaternary nitrogens is 1. The molecular weight excluding hydrogens is 380 g/mol. The minimum absolute atomic E-state index is 0.0194. The van der Waals surface area contributed by atoms with E-state index >= 15 is 0 Å². The predicted octanol–water partition coefficient (Wildman–Crippen LogP) is 0.844. The average Bonchev–Trinajstić information content (AvgIpc) is 3.05. The van der Waals surface area contributed by atoms with E-state index in [9.17, 15) is 14.7 Å². The van der Waals surface area contributed by atoms with Crippen LogP contribution >= 0.6 is 0 Å². The summed E-state index contributed by atoms with van der Waals surface area (Å²) in [6.45, 7) is 7.19. The van der Waals surface area contributed by atoms with Gasteiger partial charge in [-0.15, -0.1) is 0 Å². The maximum atomic E-state index is 13.3. The van der Waals surface area contributed by atoms with Crippen molar-refractivity contribution in [3.8, 4) is 5.75 Å². The van der Waals surface area contributed by atoms with Crippen LogP contribution in [-0.4, -0.2) is 49.9 Å². The molecule has 1 fully saturated rings. The summed E-state index contributed by atoms with van der Waals surface area (Å²) in [6, 6.07) is 15.2. The van der Waals surface area contributed by atoms with E-state index in [1.54, 1.807) is 36.3 Å². The Morgan fingerprint density at radius 2 is 1.67 bits per heavy atom. The number of benzene rings is 2. The molecule has 0 bridgehead atoms. The molecule has 3 rings (SSSR count). The number of ether oxygens (including phenoxy) is 1. The minimum atomic E-state index is -0.709. The zero-order valence-corrected chi connectivity index (χ0v) is 17.7. The predicted molar refractivity (Wildman–Crippen MR) is 113 cm³/mol. The van der Waals surface area contributed by atoms with Crippen LogP contribution in [0.1, 0.15) is 31.0 Å². The molecule has 0 spiro atoms. The Hall–Kier alpha value is -3.12. The average molecular weight is 408 g/mol. The standard InChI is InChI=1S/C24H28N2O4/c1-4-25(5-2)15-16-26-21(17-9-7-6-8-10-17)20(23(28)24(26)29)22(27)18-11-13-19(30-3)14-12-18/h6-14,21,27H,4-5,15-16H2,1-3H3/b22-20+. The van der Waals surface area contributed by atoms with Crippen LogP contribution < -0.4 is 14.7 Å². The van der Waals surface area contributed by atoms with Gasteiger partial charge in [0.2, 0.25) is 5.78 Å². The molecule has 30 heavy (non-hydrogen) atoms. The molecule has 6 nitrogen and oxygen atoms in total. The first-order valence-corrected chi connectivity index (χ1v) is 10.3. The molecule has 0 radical (unpaired) electrons. The molecule has 1 unspecified atom stereocenters. The number of rotatable bonds is 8. The summed E-state index contributed by atoms with van der Waals surface area (Å²) in [5.41, 5.74) is 1.15. The lowest BCUT2D eigenvalue weighted by Crippen LogP contribution is -3.12. The molecule has 0 aliphatic carbocycles. The molecule has 1 atom stereocenters. The van der Waals surface area contributed by atoms with Gasteiger partial charge in [0, 0.05) is 5.57 Å². The van der Waals surface area contributed by atoms with E-state index < -0.39 is 23.5 Å². The Balaban J connectivity index is 2.05. The number of likely N-dealkylation sites (tertiary alicyclic amines) is 1. The fourth-order valence-corrected chi connectivity index (χ4v) is 3.86. The van der Waals surface area contributed by atoms with E-state index in [1.807, 2.05) is 30.3 Å². The Bertz CT molecular complexity index is 918. The maximum absolute atomic E-state index is 13.3. The summed E-state index contributed by atoms with van der Waals surface area (Å²) >= 11 is 0. The molecule has 6 heteroatoms. The van der Waals surface area contributed by atoms with Crippen molar-refractivity contribution in [2.45, 2.75) is 19.9 Å². The Labute approximate surface area is 177 Å². The van der Waals surface area contributed by atoms with Crippen LogP contribution in [0.3, 0.4) is 0 Å². The summed E-state index contributed by atoms with van der Waals surface area (Å²) in [6.07, 6.45) is 0. The molecule has 1 amide bonds. The second kappa shape index (κ2) is 9.59. The Morgan fingerprint density at radius 3 is 2.23 bits per heavy atom. The van der Waals surface area contributed by atoms with Crippen molar-refractivity contribution >= 4 is 17.4 Å². The van der Waals surface area contributed by atoms with Gasteiger partial charge in [-0.1, -0.05) is 48.2 Å². The van der Waals surface area contributed by atoms with Gasteiger partial charge >= 0.3 is 0 Å². The van der Waals surface area contributed by atoms with Crippen LogP contribution in [0, 0.1) is 0 Å². The van der Waals surface area contributed by atoms with Crippen LogP contribution in [0.2, 0.25) is 0 Å². The van der Waals surface area contributed by atoms with Crippen molar-refractivity contribution in [3.63, 3.8) is 0 Å². The van der Waals surface area contributed by atoms with Crippen LogP contribution in [0.4, 0.5) is 0 Å². The molecule has 1 aliphatic rings. The van der Waals surface area contributed by atoms with Gasteiger partial charge in [-0.2, -0.15) is 0 Å². The van der Waals surface area contributed by atoms with Gasteiger partial charge in [0.15, 0.2) is 0 Å². The SMILES string of the molecule is CC[NH+](CC)CCN1C(=O)C(=O)/C(=C(/[O-])c2ccc(OC)cc2)C1c1ccccc1. The highest BCUT2D eigenvalue weighted by Crippen LogP contribution is 2.38. The molecule has 1 N–H and O–H groups in total. The quantitative estimate of drug-likeness (QED) is 0.399. The van der Waals surface area contributed by atoms with Crippen molar-refractivity contribution < 1.29 is 24.3 Å². The van der Waals surface area contributed by atoms with Crippen molar-refractivity contribution in [2.75, 3.05) is 33.3 Å². The molecule has 158 valence electrons. The summed E-state index contributed by atoms with van der Waals surface area (Å²) in [5.74, 6) is -1.11. The van der Waals surface area contributed by atoms with Crippen molar-refractivity contribution in [1.29, 1.82) is 0 Å². The Kier molecular flexibility index (Phi) is 6.90. The number of Topliss-reactive ketones (excluding diaryl/α,β-unsaturated/α-hetero) is 1. The lowest BCUT2D eigenvalue weighted by atomic mass is 9.95. The van der Waals surface area contributed by atoms with Crippen LogP contribution in [0.15, 0.2) is 60.2 Å². The van der Waals surface area contributed by atoms with E-state index in [0.29, 0.717) is 17.9 Å². The van der Waals surface area contributed by atoms with E-state index in [1.165, 1.54) is 4.90 Å². The zero-order chi connectivity index (χ0) is 21.7. The first-order chi connectivity index (χ1) is 14.5. The van der Waals surface area contributed by atoms with Crippen molar-refractivity contribution in [1.82, 2.24) is 4.90 Å². The number of hydrogen-bond donors (Lipinski definition) is 1. The second-order valence-electron chi connectivity index (χ2n) is 7.32. The van der Waals surface area contributed by atoms with E-state index in [0.717, 1.165) is 25.2 Å². The van der Waals surface area contributed by atoms with Crippen molar-refractivity contribution in [3.05, 3.63) is 71.3 Å². The minimum Gasteiger partial charge on any atom is -0.872 e. The first kappa shape index (κ1) is 21.6. The number of amides is 1. The zero-order valence-electron chi connectivity index (χ0n) is 17.7. The van der Waals surface area contributed by atoms with Crippen LogP contribution in [0.25, 0.3) is 5.76 Å². The fraction of sp³-hybridized carbons (Fsp3) is 0.333. The molecular formula is C24H28N2O4. The first-order valence-electron chi connectivity index (χ1n) is 10.3. The number of nitrogens with zero attached hydrogens (tertiary/aromatic N) is 1. The van der Waals surface area contributed by atoms with E-state index in [4.69, 9.17) is 4.74 Å². The second-order valence-corrected chi connectivity index (χ2v) is 7.32. The van der Waals surface area contributed by atoms with Gasteiger partial charge in [0.05, 0.1) is 39.3 Å². The maximum Gasteiger partial charge on any atom is 0.295 e. The smallest absolute Gasteiger partial charge is 0.295 e. The summed E-state index contributed by atoms with van der Waals surface area (Å²) < 4.78 is 5.15. The highest BCUT2D eigenvalue weighted by Gasteiger charge is 2.44. The fourth-order valence-electron chi connectivity index (χ4n) is 3.86. The van der Waals surface area contributed by atoms with Crippen LogP contribution in [-0.2, 0) is 9.59 Å². The lowest BCUT2D eigenvalue weighted by molar-refractivity contribution is -0.895. The topological polar surface area (TPSA) is 74.1 Å². The number of nitrogens with one attached hydrogen (secondary N) is 1. The molecule has 1 heterocycles. The van der Waals surface area contributed by atoms with E-state index in [-0.39, 0.29) is 5.57 Å². The summed E-state index contributed by atoms with van der Waals surface area (Å²) in [7, 11) is 1.55. The number of hydrogen-bond acceptors (Lipinski definition) is 4. The lowest BCUT2D eigenvalue weighted by Gasteiger charge is -2.28. The normalized spacial score (nSPS) is 18.3. The summed E-state index contributed by atoms with van der Waals surface area (Å²) in [5, 5.41) is 13.3.